The first-order valence-corrected chi connectivity index (χ1v) is 5.91. The second-order valence-corrected chi connectivity index (χ2v) is 4.20. The summed E-state index contributed by atoms with van der Waals surface area (Å²) in [5.74, 6) is 2.61. The number of furan rings is 1. The number of ether oxygens (including phenoxy) is 1. The highest BCUT2D eigenvalue weighted by atomic mass is 16.5. The van der Waals surface area contributed by atoms with Gasteiger partial charge in [0, 0.05) is 18.4 Å². The maximum Gasteiger partial charge on any atom is 0.134 e. The average Bonchev–Trinajstić information content (AvgIpc) is 2.85. The van der Waals surface area contributed by atoms with Gasteiger partial charge in [-0.15, -0.1) is 0 Å². The molecule has 0 aliphatic rings. The molecule has 2 rings (SSSR count). The van der Waals surface area contributed by atoms with Crippen LogP contribution >= 0.6 is 0 Å². The average molecular weight is 244 g/mol. The van der Waals surface area contributed by atoms with Crippen LogP contribution in [0.4, 0.5) is 0 Å². The minimum Gasteiger partial charge on any atom is -0.497 e. The number of methoxy groups -OCH3 is 1. The molecule has 0 aliphatic heterocycles. The van der Waals surface area contributed by atoms with Gasteiger partial charge in [0.25, 0.3) is 0 Å². The number of aryl methyl sites for hydroxylation is 1. The fourth-order valence-corrected chi connectivity index (χ4v) is 1.74. The molecule has 2 aromatic rings. The zero-order chi connectivity index (χ0) is 13.0. The molecule has 0 fully saturated rings. The summed E-state index contributed by atoms with van der Waals surface area (Å²) in [5, 5.41) is 0. The number of carbonyl (C=O) groups is 1. The summed E-state index contributed by atoms with van der Waals surface area (Å²) in [4.78, 5) is 10.9. The number of benzene rings is 1. The predicted molar refractivity (Wildman–Crippen MR) is 69.7 cm³/mol. The van der Waals surface area contributed by atoms with Crippen LogP contribution in [0.1, 0.15) is 19.1 Å². The highest BCUT2D eigenvalue weighted by Gasteiger charge is 2.06. The molecule has 0 unspecified atom stereocenters. The molecule has 3 heteroatoms. The Kier molecular flexibility index (Phi) is 3.82. The van der Waals surface area contributed by atoms with Crippen LogP contribution < -0.4 is 4.74 Å². The van der Waals surface area contributed by atoms with E-state index in [1.165, 1.54) is 0 Å². The number of carbonyl (C=O) groups excluding carboxylic acids is 1. The molecule has 0 bridgehead atoms. The van der Waals surface area contributed by atoms with E-state index in [0.29, 0.717) is 12.8 Å². The quantitative estimate of drug-likeness (QED) is 0.808. The molecule has 1 aromatic carbocycles. The maximum absolute atomic E-state index is 10.9. The van der Waals surface area contributed by atoms with Crippen molar-refractivity contribution in [1.29, 1.82) is 0 Å². The van der Waals surface area contributed by atoms with Crippen molar-refractivity contribution in [2.75, 3.05) is 7.11 Å². The van der Waals surface area contributed by atoms with Crippen molar-refractivity contribution in [3.05, 3.63) is 42.2 Å². The second-order valence-electron chi connectivity index (χ2n) is 4.20. The van der Waals surface area contributed by atoms with Gasteiger partial charge >= 0.3 is 0 Å². The van der Waals surface area contributed by atoms with E-state index in [9.17, 15) is 4.79 Å². The topological polar surface area (TPSA) is 39.4 Å². The van der Waals surface area contributed by atoms with Gasteiger partial charge in [0.1, 0.15) is 23.1 Å². The Morgan fingerprint density at radius 2 is 2.11 bits per heavy atom. The molecule has 1 aromatic heterocycles. The summed E-state index contributed by atoms with van der Waals surface area (Å²) >= 11 is 0. The molecule has 94 valence electrons. The number of ketones is 1. The van der Waals surface area contributed by atoms with Crippen molar-refractivity contribution in [2.24, 2.45) is 0 Å². The van der Waals surface area contributed by atoms with Gasteiger partial charge < -0.3 is 13.9 Å². The summed E-state index contributed by atoms with van der Waals surface area (Å²) in [7, 11) is 1.64. The second kappa shape index (κ2) is 5.54. The van der Waals surface area contributed by atoms with Crippen molar-refractivity contribution >= 4 is 5.78 Å². The number of hydrogen-bond acceptors (Lipinski definition) is 3. The van der Waals surface area contributed by atoms with E-state index in [2.05, 4.69) is 0 Å². The SMILES string of the molecule is COc1cccc(-c2ccc(CCC(C)=O)o2)c1. The summed E-state index contributed by atoms with van der Waals surface area (Å²) in [5.41, 5.74) is 0.975. The fraction of sp³-hybridized carbons (Fsp3) is 0.267. The van der Waals surface area contributed by atoms with Gasteiger partial charge in [-0.1, -0.05) is 12.1 Å². The molecule has 0 amide bonds. The molecular formula is C15H16O3. The standard InChI is InChI=1S/C15H16O3/c1-11(16)6-7-13-8-9-15(18-13)12-4-3-5-14(10-12)17-2/h3-5,8-10H,6-7H2,1-2H3. The molecule has 18 heavy (non-hydrogen) atoms. The number of rotatable bonds is 5. The van der Waals surface area contributed by atoms with Crippen molar-refractivity contribution in [3.63, 3.8) is 0 Å². The van der Waals surface area contributed by atoms with Gasteiger partial charge in [0.2, 0.25) is 0 Å². The summed E-state index contributed by atoms with van der Waals surface area (Å²) < 4.78 is 10.9. The zero-order valence-electron chi connectivity index (χ0n) is 10.6. The Morgan fingerprint density at radius 1 is 1.28 bits per heavy atom. The first-order valence-electron chi connectivity index (χ1n) is 5.91. The van der Waals surface area contributed by atoms with Gasteiger partial charge in [0.15, 0.2) is 0 Å². The van der Waals surface area contributed by atoms with Crippen molar-refractivity contribution in [3.8, 4) is 17.1 Å². The first-order chi connectivity index (χ1) is 8.69. The van der Waals surface area contributed by atoms with Crippen LogP contribution in [0.3, 0.4) is 0 Å². The third-order valence-electron chi connectivity index (χ3n) is 2.74. The normalized spacial score (nSPS) is 10.3. The third-order valence-corrected chi connectivity index (χ3v) is 2.74. The third kappa shape index (κ3) is 3.00. The lowest BCUT2D eigenvalue weighted by Gasteiger charge is -2.01. The highest BCUT2D eigenvalue weighted by molar-refractivity contribution is 5.75. The Morgan fingerprint density at radius 3 is 2.83 bits per heavy atom. The lowest BCUT2D eigenvalue weighted by atomic mass is 10.1. The van der Waals surface area contributed by atoms with E-state index in [0.717, 1.165) is 22.8 Å². The minimum atomic E-state index is 0.175. The van der Waals surface area contributed by atoms with Crippen molar-refractivity contribution in [1.82, 2.24) is 0 Å². The largest absolute Gasteiger partial charge is 0.497 e. The van der Waals surface area contributed by atoms with Crippen LogP contribution in [-0.2, 0) is 11.2 Å². The van der Waals surface area contributed by atoms with E-state index in [-0.39, 0.29) is 5.78 Å². The van der Waals surface area contributed by atoms with Crippen molar-refractivity contribution < 1.29 is 13.9 Å². The maximum atomic E-state index is 10.9. The van der Waals surface area contributed by atoms with Crippen LogP contribution in [0.5, 0.6) is 5.75 Å². The highest BCUT2D eigenvalue weighted by Crippen LogP contribution is 2.26. The lowest BCUT2D eigenvalue weighted by Crippen LogP contribution is -1.92. The molecule has 0 saturated carbocycles. The Hall–Kier alpha value is -2.03. The van der Waals surface area contributed by atoms with Crippen molar-refractivity contribution in [2.45, 2.75) is 19.8 Å². The van der Waals surface area contributed by atoms with E-state index < -0.39 is 0 Å². The molecule has 1 heterocycles. The van der Waals surface area contributed by atoms with E-state index in [1.54, 1.807) is 14.0 Å². The van der Waals surface area contributed by atoms with Crippen LogP contribution in [0, 0.1) is 0 Å². The van der Waals surface area contributed by atoms with Crippen LogP contribution in [0.2, 0.25) is 0 Å². The molecular weight excluding hydrogens is 228 g/mol. The van der Waals surface area contributed by atoms with E-state index in [4.69, 9.17) is 9.15 Å². The van der Waals surface area contributed by atoms with Gasteiger partial charge in [-0.25, -0.2) is 0 Å². The molecule has 3 nitrogen and oxygen atoms in total. The van der Waals surface area contributed by atoms with Crippen LogP contribution in [-0.4, -0.2) is 12.9 Å². The molecule has 0 radical (unpaired) electrons. The molecule has 0 atom stereocenters. The molecule has 0 aliphatic carbocycles. The van der Waals surface area contributed by atoms with Gasteiger partial charge in [-0.2, -0.15) is 0 Å². The molecule has 0 spiro atoms. The number of hydrogen-bond donors (Lipinski definition) is 0. The Balaban J connectivity index is 2.15. The lowest BCUT2D eigenvalue weighted by molar-refractivity contribution is -0.117. The molecule has 0 saturated heterocycles. The Labute approximate surface area is 106 Å². The van der Waals surface area contributed by atoms with Crippen LogP contribution in [0.15, 0.2) is 40.8 Å². The van der Waals surface area contributed by atoms with E-state index in [1.807, 2.05) is 36.4 Å². The summed E-state index contributed by atoms with van der Waals surface area (Å²) in [6.45, 7) is 1.59. The number of Topliss-reactive ketones (excluding diaryl/α,β-unsaturated/α-hetero) is 1. The Bertz CT molecular complexity index is 540. The first kappa shape index (κ1) is 12.4. The monoisotopic (exact) mass is 244 g/mol. The smallest absolute Gasteiger partial charge is 0.134 e. The summed E-state index contributed by atoms with van der Waals surface area (Å²) in [6.07, 6.45) is 1.17. The van der Waals surface area contributed by atoms with Gasteiger partial charge in [-0.3, -0.25) is 0 Å². The fourth-order valence-electron chi connectivity index (χ4n) is 1.74. The zero-order valence-corrected chi connectivity index (χ0v) is 10.6. The van der Waals surface area contributed by atoms with Crippen LogP contribution in [0.25, 0.3) is 11.3 Å². The predicted octanol–water partition coefficient (Wildman–Crippen LogP) is 3.48. The molecule has 0 N–H and O–H groups in total. The van der Waals surface area contributed by atoms with Gasteiger partial charge in [0.05, 0.1) is 7.11 Å². The van der Waals surface area contributed by atoms with Gasteiger partial charge in [-0.05, 0) is 31.2 Å². The minimum absolute atomic E-state index is 0.175. The summed E-state index contributed by atoms with van der Waals surface area (Å²) in [6, 6.07) is 11.5. The van der Waals surface area contributed by atoms with E-state index >= 15 is 0 Å².